The van der Waals surface area contributed by atoms with Gasteiger partial charge in [-0.2, -0.15) is 0 Å². The molecule has 2 amide bonds. The normalized spacial score (nSPS) is 13.6. The zero-order chi connectivity index (χ0) is 41.1. The van der Waals surface area contributed by atoms with Crippen LogP contribution in [0.4, 0.5) is 0 Å². The Kier molecular flexibility index (Phi) is 12.1. The van der Waals surface area contributed by atoms with Gasteiger partial charge in [-0.05, 0) is 107 Å². The number of esters is 1. The first-order chi connectivity index (χ1) is 26.1. The number of hydrogen-bond acceptors (Lipinski definition) is 9. The number of nitrogens with zero attached hydrogens (tertiary/aromatic N) is 2. The minimum atomic E-state index is -1.60. The summed E-state index contributed by atoms with van der Waals surface area (Å²) in [5, 5.41) is 15.7. The third-order valence-corrected chi connectivity index (χ3v) is 10.2. The van der Waals surface area contributed by atoms with Crippen molar-refractivity contribution in [2.75, 3.05) is 0 Å². The van der Waals surface area contributed by atoms with E-state index in [-0.39, 0.29) is 23.5 Å². The van der Waals surface area contributed by atoms with Gasteiger partial charge in [0.25, 0.3) is 5.91 Å². The van der Waals surface area contributed by atoms with Crippen LogP contribution in [0.15, 0.2) is 97.3 Å². The van der Waals surface area contributed by atoms with Crippen molar-refractivity contribution in [3.63, 3.8) is 0 Å². The molecule has 294 valence electrons. The van der Waals surface area contributed by atoms with Crippen molar-refractivity contribution >= 4 is 29.1 Å². The van der Waals surface area contributed by atoms with Crippen LogP contribution in [-0.2, 0) is 25.3 Å². The largest absolute Gasteiger partial charge is 0.508 e. The fourth-order valence-electron chi connectivity index (χ4n) is 5.85. The number of amides is 2. The van der Waals surface area contributed by atoms with Gasteiger partial charge in [0, 0.05) is 28.4 Å². The Morgan fingerprint density at radius 3 is 1.95 bits per heavy atom. The first kappa shape index (κ1) is 41.6. The molecule has 0 bridgehead atoms. The highest BCUT2D eigenvalue weighted by molar-refractivity contribution is 7.14. The molecule has 3 aromatic carbocycles. The number of aromatic nitrogens is 2. The predicted octanol–water partition coefficient (Wildman–Crippen LogP) is 9.29. The van der Waals surface area contributed by atoms with E-state index in [1.165, 1.54) is 11.3 Å². The van der Waals surface area contributed by atoms with Gasteiger partial charge >= 0.3 is 5.97 Å². The van der Waals surface area contributed by atoms with Gasteiger partial charge in [0.15, 0.2) is 11.4 Å². The molecule has 1 unspecified atom stereocenters. The van der Waals surface area contributed by atoms with Crippen LogP contribution in [0.2, 0.25) is 0 Å². The van der Waals surface area contributed by atoms with Crippen molar-refractivity contribution in [3.8, 4) is 34.0 Å². The van der Waals surface area contributed by atoms with Gasteiger partial charge in [0.2, 0.25) is 5.91 Å². The second-order valence-corrected chi connectivity index (χ2v) is 18.1. The van der Waals surface area contributed by atoms with E-state index < -0.39 is 34.7 Å². The summed E-state index contributed by atoms with van der Waals surface area (Å²) in [6.45, 7) is 19.0. The summed E-state index contributed by atoms with van der Waals surface area (Å²) in [6.07, 6.45) is 3.25. The number of carbonyl (C=O) groups excluding carboxylic acids is 3. The lowest BCUT2D eigenvalue weighted by Crippen LogP contribution is -2.52. The van der Waals surface area contributed by atoms with Crippen molar-refractivity contribution in [1.29, 1.82) is 0 Å². The van der Waals surface area contributed by atoms with E-state index in [0.717, 1.165) is 21.6 Å². The number of carbonyl (C=O) groups is 3. The number of hydrogen-bond donors (Lipinski definition) is 3. The highest BCUT2D eigenvalue weighted by atomic mass is 32.1. The molecule has 5 rings (SSSR count). The Bertz CT molecular complexity index is 2160. The van der Waals surface area contributed by atoms with E-state index in [1.54, 1.807) is 94.7 Å². The van der Waals surface area contributed by atoms with Crippen LogP contribution >= 0.6 is 11.3 Å². The first-order valence-corrected chi connectivity index (χ1v) is 19.4. The van der Waals surface area contributed by atoms with Crippen LogP contribution in [0, 0.1) is 0 Å². The van der Waals surface area contributed by atoms with Gasteiger partial charge in [0.1, 0.15) is 22.7 Å². The van der Waals surface area contributed by atoms with E-state index in [1.807, 2.05) is 51.1 Å². The Morgan fingerprint density at radius 2 is 1.38 bits per heavy atom. The first-order valence-electron chi connectivity index (χ1n) is 18.6. The topological polar surface area (TPSA) is 140 Å². The summed E-state index contributed by atoms with van der Waals surface area (Å²) in [5.74, 6) is -0.227. The van der Waals surface area contributed by atoms with Crippen LogP contribution < -0.4 is 15.4 Å². The number of aromatic hydroxyl groups is 1. The zero-order valence-corrected chi connectivity index (χ0v) is 34.6. The average Bonchev–Trinajstić information content (AvgIpc) is 3.63. The van der Waals surface area contributed by atoms with E-state index in [2.05, 4.69) is 41.4 Å². The quantitative estimate of drug-likeness (QED) is 0.113. The van der Waals surface area contributed by atoms with Crippen molar-refractivity contribution < 1.29 is 29.0 Å². The van der Waals surface area contributed by atoms with E-state index in [4.69, 9.17) is 9.47 Å². The molecule has 11 heteroatoms. The molecule has 0 saturated heterocycles. The second kappa shape index (κ2) is 16.3. The van der Waals surface area contributed by atoms with Crippen LogP contribution in [0.1, 0.15) is 107 Å². The number of ether oxygens (including phenoxy) is 2. The smallest absolute Gasteiger partial charge is 0.336 e. The van der Waals surface area contributed by atoms with Gasteiger partial charge in [-0.1, -0.05) is 69.3 Å². The Hall–Kier alpha value is -5.55. The number of benzene rings is 3. The minimum absolute atomic E-state index is 0.135. The standard InChI is InChI=1S/C45H52N4O6S/c1-42(2,3)37-23-22-36(56-37)40(52)48-35(29-14-16-30(17-15-29)39-46-26-31(27-47-39)28-18-20-33(50)21-19-28)25-38(51)49-45(10,41(53)55-44(7,8)9)32-12-11-13-34(24-32)54-43(4,5)6/h11-24,26-27,35,50H,25H2,1-10H3,(H,48,52)(H,49,51)/t35-,45?/m0/s1. The SMILES string of the molecule is CC(C)(C)OC(=O)C(C)(NC(=O)C[C@H](NC(=O)c1ccc(C(C)(C)C)s1)c1ccc(-c2ncc(-c3ccc(O)cc3)cn2)cc1)c1cccc(OC(C)(C)C)c1. The predicted molar refractivity (Wildman–Crippen MR) is 221 cm³/mol. The molecule has 0 saturated carbocycles. The molecule has 10 nitrogen and oxygen atoms in total. The lowest BCUT2D eigenvalue weighted by Gasteiger charge is -2.33. The van der Waals surface area contributed by atoms with Crippen molar-refractivity contribution in [2.45, 2.75) is 104 Å². The molecule has 0 spiro atoms. The summed E-state index contributed by atoms with van der Waals surface area (Å²) in [4.78, 5) is 52.6. The Labute approximate surface area is 333 Å². The van der Waals surface area contributed by atoms with Gasteiger partial charge in [-0.15, -0.1) is 11.3 Å². The minimum Gasteiger partial charge on any atom is -0.508 e. The second-order valence-electron chi connectivity index (χ2n) is 17.0. The van der Waals surface area contributed by atoms with Gasteiger partial charge in [0.05, 0.1) is 17.3 Å². The number of thiophene rings is 1. The number of nitrogens with one attached hydrogen (secondary N) is 2. The monoisotopic (exact) mass is 776 g/mol. The summed E-state index contributed by atoms with van der Waals surface area (Å²) in [7, 11) is 0. The molecular weight excluding hydrogens is 725 g/mol. The molecule has 2 atom stereocenters. The Balaban J connectivity index is 1.45. The molecule has 0 aliphatic carbocycles. The maximum atomic E-state index is 14.2. The van der Waals surface area contributed by atoms with Crippen LogP contribution in [-0.4, -0.2) is 44.1 Å². The number of rotatable bonds is 11. The summed E-state index contributed by atoms with van der Waals surface area (Å²) in [5.41, 5.74) is 0.506. The fraction of sp³-hybridized carbons (Fsp3) is 0.356. The third kappa shape index (κ3) is 10.8. The zero-order valence-electron chi connectivity index (χ0n) is 33.8. The van der Waals surface area contributed by atoms with Crippen molar-refractivity contribution in [3.05, 3.63) is 118 Å². The van der Waals surface area contributed by atoms with E-state index >= 15 is 0 Å². The van der Waals surface area contributed by atoms with Crippen molar-refractivity contribution in [1.82, 2.24) is 20.6 Å². The highest BCUT2D eigenvalue weighted by Crippen LogP contribution is 2.33. The summed E-state index contributed by atoms with van der Waals surface area (Å²) in [6, 6.07) is 24.2. The van der Waals surface area contributed by atoms with Crippen LogP contribution in [0.5, 0.6) is 11.5 Å². The van der Waals surface area contributed by atoms with Crippen LogP contribution in [0.25, 0.3) is 22.5 Å². The molecule has 56 heavy (non-hydrogen) atoms. The lowest BCUT2D eigenvalue weighted by molar-refractivity contribution is -0.164. The molecule has 5 aromatic rings. The molecule has 3 N–H and O–H groups in total. The van der Waals surface area contributed by atoms with E-state index in [9.17, 15) is 19.5 Å². The fourth-order valence-corrected chi connectivity index (χ4v) is 6.82. The number of phenolic OH excluding ortho intramolecular Hbond substituents is 1. The average molecular weight is 777 g/mol. The van der Waals surface area contributed by atoms with Gasteiger partial charge in [-0.3, -0.25) is 9.59 Å². The summed E-state index contributed by atoms with van der Waals surface area (Å²) < 4.78 is 11.9. The van der Waals surface area contributed by atoms with Gasteiger partial charge in [-0.25, -0.2) is 14.8 Å². The van der Waals surface area contributed by atoms with Gasteiger partial charge < -0.3 is 25.2 Å². The molecule has 2 aromatic heterocycles. The van der Waals surface area contributed by atoms with E-state index in [0.29, 0.717) is 27.6 Å². The maximum absolute atomic E-state index is 14.2. The molecule has 2 heterocycles. The lowest BCUT2D eigenvalue weighted by atomic mass is 9.90. The molecular formula is C45H52N4O6S. The summed E-state index contributed by atoms with van der Waals surface area (Å²) >= 11 is 1.41. The Morgan fingerprint density at radius 1 is 0.750 bits per heavy atom. The van der Waals surface area contributed by atoms with Crippen LogP contribution in [0.3, 0.4) is 0 Å². The maximum Gasteiger partial charge on any atom is 0.336 e. The van der Waals surface area contributed by atoms with Crippen molar-refractivity contribution in [2.24, 2.45) is 0 Å². The number of phenols is 1. The molecule has 0 aliphatic heterocycles. The third-order valence-electron chi connectivity index (χ3n) is 8.72. The highest BCUT2D eigenvalue weighted by Gasteiger charge is 2.41. The molecule has 0 radical (unpaired) electrons. The molecule has 0 aliphatic rings. The molecule has 0 fully saturated rings.